The largest absolute Gasteiger partial charge is 0.486 e. The molecule has 0 bridgehead atoms. The molecule has 2 rings (SSSR count). The topological polar surface area (TPSA) is 18.5 Å². The number of halogens is 3. The highest BCUT2D eigenvalue weighted by atomic mass is 35.5. The highest BCUT2D eigenvalue weighted by molar-refractivity contribution is 6.48. The van der Waals surface area contributed by atoms with Crippen molar-refractivity contribution in [1.82, 2.24) is 0 Å². The Morgan fingerprint density at radius 1 is 1.00 bits per heavy atom. The second kappa shape index (κ2) is 3.45. The Hall–Kier alpha value is -0.310. The van der Waals surface area contributed by atoms with Crippen LogP contribution in [0.1, 0.15) is 0 Å². The Labute approximate surface area is 90.3 Å². The Morgan fingerprint density at radius 2 is 1.69 bits per heavy atom. The predicted molar refractivity (Wildman–Crippen MR) is 52.5 cm³/mol. The van der Waals surface area contributed by atoms with E-state index in [9.17, 15) is 0 Å². The minimum absolute atomic E-state index is 0.299. The van der Waals surface area contributed by atoms with Crippen molar-refractivity contribution in [3.05, 3.63) is 21.1 Å². The van der Waals surface area contributed by atoms with Crippen LogP contribution in [-0.2, 0) is 0 Å². The Balaban J connectivity index is 2.60. The SMILES string of the molecule is Clc1cc2c(c(Cl)c1Cl)OCCO2. The van der Waals surface area contributed by atoms with Gasteiger partial charge in [-0.15, -0.1) is 0 Å². The molecule has 1 aromatic carbocycles. The van der Waals surface area contributed by atoms with Gasteiger partial charge in [0.15, 0.2) is 11.5 Å². The summed E-state index contributed by atoms with van der Waals surface area (Å²) < 4.78 is 10.6. The normalized spacial score (nSPS) is 14.4. The predicted octanol–water partition coefficient (Wildman–Crippen LogP) is 3.42. The number of hydrogen-bond acceptors (Lipinski definition) is 2. The molecule has 0 atom stereocenters. The molecule has 0 amide bonds. The van der Waals surface area contributed by atoms with Gasteiger partial charge >= 0.3 is 0 Å². The van der Waals surface area contributed by atoms with Crippen molar-refractivity contribution in [2.45, 2.75) is 0 Å². The van der Waals surface area contributed by atoms with Crippen molar-refractivity contribution in [3.63, 3.8) is 0 Å². The Morgan fingerprint density at radius 3 is 2.46 bits per heavy atom. The summed E-state index contributed by atoms with van der Waals surface area (Å²) in [4.78, 5) is 0. The van der Waals surface area contributed by atoms with Gasteiger partial charge in [-0.3, -0.25) is 0 Å². The summed E-state index contributed by atoms with van der Waals surface area (Å²) in [5.74, 6) is 1.02. The van der Waals surface area contributed by atoms with Gasteiger partial charge in [0.25, 0.3) is 0 Å². The lowest BCUT2D eigenvalue weighted by Crippen LogP contribution is -2.15. The van der Waals surface area contributed by atoms with E-state index in [0.717, 1.165) is 0 Å². The molecule has 0 radical (unpaired) electrons. The highest BCUT2D eigenvalue weighted by Crippen LogP contribution is 2.45. The van der Waals surface area contributed by atoms with E-state index in [1.807, 2.05) is 0 Å². The molecule has 0 fully saturated rings. The van der Waals surface area contributed by atoms with E-state index in [4.69, 9.17) is 44.3 Å². The van der Waals surface area contributed by atoms with E-state index in [2.05, 4.69) is 0 Å². The van der Waals surface area contributed by atoms with E-state index >= 15 is 0 Å². The fraction of sp³-hybridized carbons (Fsp3) is 0.250. The molecular formula is C8H5Cl3O2. The minimum atomic E-state index is 0.299. The number of ether oxygens (including phenoxy) is 2. The number of hydrogen-bond donors (Lipinski definition) is 0. The van der Waals surface area contributed by atoms with Crippen LogP contribution in [0, 0.1) is 0 Å². The van der Waals surface area contributed by atoms with E-state index in [1.54, 1.807) is 6.07 Å². The van der Waals surface area contributed by atoms with Gasteiger partial charge in [0.2, 0.25) is 0 Å². The van der Waals surface area contributed by atoms with Gasteiger partial charge in [-0.05, 0) is 0 Å². The smallest absolute Gasteiger partial charge is 0.181 e. The third-order valence-corrected chi connectivity index (χ3v) is 2.92. The molecule has 0 N–H and O–H groups in total. The second-order valence-corrected chi connectivity index (χ2v) is 3.67. The molecular weight excluding hydrogens is 234 g/mol. The molecule has 0 unspecified atom stereocenters. The van der Waals surface area contributed by atoms with Crippen LogP contribution in [0.2, 0.25) is 15.1 Å². The summed E-state index contributed by atoms with van der Waals surface area (Å²) in [7, 11) is 0. The molecule has 5 heteroatoms. The lowest BCUT2D eigenvalue weighted by Gasteiger charge is -2.20. The average molecular weight is 239 g/mol. The third-order valence-electron chi connectivity index (χ3n) is 1.67. The van der Waals surface area contributed by atoms with Crippen LogP contribution in [0.15, 0.2) is 6.07 Å². The summed E-state index contributed by atoms with van der Waals surface area (Å²) >= 11 is 17.5. The van der Waals surface area contributed by atoms with Gasteiger partial charge in [0.1, 0.15) is 18.2 Å². The van der Waals surface area contributed by atoms with Gasteiger partial charge in [0.05, 0.1) is 10.0 Å². The number of rotatable bonds is 0. The maximum Gasteiger partial charge on any atom is 0.181 e. The highest BCUT2D eigenvalue weighted by Gasteiger charge is 2.19. The fourth-order valence-corrected chi connectivity index (χ4v) is 1.73. The van der Waals surface area contributed by atoms with Crippen LogP contribution in [0.5, 0.6) is 11.5 Å². The quantitative estimate of drug-likeness (QED) is 0.646. The van der Waals surface area contributed by atoms with Crippen LogP contribution in [0.25, 0.3) is 0 Å². The first-order valence-corrected chi connectivity index (χ1v) is 4.76. The zero-order valence-corrected chi connectivity index (χ0v) is 8.71. The lowest BCUT2D eigenvalue weighted by atomic mass is 10.3. The van der Waals surface area contributed by atoms with Crippen molar-refractivity contribution >= 4 is 34.8 Å². The molecule has 1 aromatic rings. The number of fused-ring (bicyclic) bond motifs is 1. The van der Waals surface area contributed by atoms with Gasteiger partial charge in [0, 0.05) is 6.07 Å². The van der Waals surface area contributed by atoms with Crippen LogP contribution in [0.4, 0.5) is 0 Å². The van der Waals surface area contributed by atoms with Crippen LogP contribution in [-0.4, -0.2) is 13.2 Å². The second-order valence-electron chi connectivity index (χ2n) is 2.51. The van der Waals surface area contributed by atoms with E-state index in [0.29, 0.717) is 39.8 Å². The molecule has 13 heavy (non-hydrogen) atoms. The Kier molecular flexibility index (Phi) is 2.45. The van der Waals surface area contributed by atoms with Crippen molar-refractivity contribution in [1.29, 1.82) is 0 Å². The molecule has 0 aromatic heterocycles. The third kappa shape index (κ3) is 1.54. The van der Waals surface area contributed by atoms with Gasteiger partial charge < -0.3 is 9.47 Å². The number of benzene rings is 1. The lowest BCUT2D eigenvalue weighted by molar-refractivity contribution is 0.172. The molecule has 2 nitrogen and oxygen atoms in total. The molecule has 0 spiro atoms. The van der Waals surface area contributed by atoms with E-state index in [1.165, 1.54) is 0 Å². The standard InChI is InChI=1S/C8H5Cl3O2/c9-4-3-5-8(7(11)6(4)10)13-2-1-12-5/h3H,1-2H2. The zero-order chi connectivity index (χ0) is 9.42. The molecule has 0 saturated heterocycles. The average Bonchev–Trinajstić information content (AvgIpc) is 2.15. The van der Waals surface area contributed by atoms with Crippen molar-refractivity contribution in [2.24, 2.45) is 0 Å². The first-order valence-electron chi connectivity index (χ1n) is 3.63. The molecule has 1 aliphatic heterocycles. The van der Waals surface area contributed by atoms with Gasteiger partial charge in [-0.25, -0.2) is 0 Å². The maximum atomic E-state index is 5.90. The maximum absolute atomic E-state index is 5.90. The van der Waals surface area contributed by atoms with E-state index in [-0.39, 0.29) is 0 Å². The molecule has 1 heterocycles. The monoisotopic (exact) mass is 238 g/mol. The van der Waals surface area contributed by atoms with Crippen LogP contribution >= 0.6 is 34.8 Å². The molecule has 0 aliphatic carbocycles. The minimum Gasteiger partial charge on any atom is -0.486 e. The molecule has 70 valence electrons. The summed E-state index contributed by atoms with van der Waals surface area (Å²) in [6.07, 6.45) is 0. The van der Waals surface area contributed by atoms with Crippen molar-refractivity contribution in [2.75, 3.05) is 13.2 Å². The summed E-state index contributed by atoms with van der Waals surface area (Å²) in [5, 5.41) is 0.979. The first-order chi connectivity index (χ1) is 6.20. The van der Waals surface area contributed by atoms with Gasteiger partial charge in [-0.2, -0.15) is 0 Å². The Bertz CT molecular complexity index is 352. The molecule has 0 saturated carbocycles. The first kappa shape index (κ1) is 9.25. The van der Waals surface area contributed by atoms with Gasteiger partial charge in [-0.1, -0.05) is 34.8 Å². The van der Waals surface area contributed by atoms with Crippen molar-refractivity contribution in [3.8, 4) is 11.5 Å². The fourth-order valence-electron chi connectivity index (χ4n) is 1.09. The zero-order valence-electron chi connectivity index (χ0n) is 6.44. The molecule has 1 aliphatic rings. The van der Waals surface area contributed by atoms with Crippen molar-refractivity contribution < 1.29 is 9.47 Å². The summed E-state index contributed by atoms with van der Waals surface area (Å²) in [6, 6.07) is 1.60. The summed E-state index contributed by atoms with van der Waals surface area (Å²) in [5.41, 5.74) is 0. The van der Waals surface area contributed by atoms with E-state index < -0.39 is 0 Å². The van der Waals surface area contributed by atoms with Crippen LogP contribution < -0.4 is 9.47 Å². The van der Waals surface area contributed by atoms with Crippen LogP contribution in [0.3, 0.4) is 0 Å². The summed E-state index contributed by atoms with van der Waals surface area (Å²) in [6.45, 7) is 0.978.